The number of rotatable bonds is 4. The second-order valence-corrected chi connectivity index (χ2v) is 6.45. The van der Waals surface area contributed by atoms with E-state index in [1.54, 1.807) is 12.3 Å². The van der Waals surface area contributed by atoms with Crippen LogP contribution in [0.5, 0.6) is 0 Å². The van der Waals surface area contributed by atoms with Crippen LogP contribution in [0.4, 0.5) is 10.6 Å². The molecule has 1 aliphatic heterocycles. The van der Waals surface area contributed by atoms with Gasteiger partial charge in [0, 0.05) is 56.8 Å². The fourth-order valence-electron chi connectivity index (χ4n) is 2.80. The molecule has 1 aromatic carbocycles. The first-order valence-electron chi connectivity index (χ1n) is 8.11. The predicted octanol–water partition coefficient (Wildman–Crippen LogP) is 2.34. The Kier molecular flexibility index (Phi) is 5.64. The lowest BCUT2D eigenvalue weighted by atomic mass is 10.1. The fourth-order valence-corrected chi connectivity index (χ4v) is 3.11. The van der Waals surface area contributed by atoms with Crippen LogP contribution in [0, 0.1) is 12.3 Å². The van der Waals surface area contributed by atoms with Crippen molar-refractivity contribution in [3.63, 3.8) is 0 Å². The molecule has 0 spiro atoms. The summed E-state index contributed by atoms with van der Waals surface area (Å²) in [5.41, 5.74) is 2.13. The van der Waals surface area contributed by atoms with Crippen molar-refractivity contribution in [3.05, 3.63) is 47.7 Å². The minimum Gasteiger partial charge on any atom is -0.320 e. The molecule has 3 rings (SSSR count). The molecule has 1 fully saturated rings. The molecule has 1 amide bonds. The second-order valence-electron chi connectivity index (χ2n) is 5.84. The van der Waals surface area contributed by atoms with E-state index in [0.717, 1.165) is 25.2 Å². The highest BCUT2D eigenvalue weighted by Crippen LogP contribution is 2.12. The summed E-state index contributed by atoms with van der Waals surface area (Å²) in [7, 11) is 0. The summed E-state index contributed by atoms with van der Waals surface area (Å²) in [6, 6.07) is 9.78. The minimum atomic E-state index is -0.0767. The number of piperazine rings is 1. The monoisotopic (exact) mass is 355 g/mol. The lowest BCUT2D eigenvalue weighted by Gasteiger charge is -2.34. The van der Waals surface area contributed by atoms with Crippen molar-refractivity contribution in [1.82, 2.24) is 19.6 Å². The third kappa shape index (κ3) is 4.35. The number of nitrogens with zero attached hydrogens (tertiary/aromatic N) is 4. The third-order valence-electron chi connectivity index (χ3n) is 4.16. The molecule has 25 heavy (non-hydrogen) atoms. The van der Waals surface area contributed by atoms with Crippen LogP contribution in [0.25, 0.3) is 0 Å². The van der Waals surface area contributed by atoms with Crippen molar-refractivity contribution >= 4 is 23.8 Å². The maximum Gasteiger partial charge on any atom is 0.344 e. The number of amides is 1. The van der Waals surface area contributed by atoms with Gasteiger partial charge in [-0.2, -0.15) is 4.68 Å². The Hall–Kier alpha value is -2.43. The number of anilines is 1. The molecule has 1 N–H and O–H groups in total. The molecule has 2 aromatic rings. The molecule has 7 heteroatoms. The van der Waals surface area contributed by atoms with E-state index in [0.29, 0.717) is 18.9 Å². The number of hydrogen-bond donors (Lipinski definition) is 1. The molecule has 0 aliphatic carbocycles. The van der Waals surface area contributed by atoms with Crippen molar-refractivity contribution in [2.75, 3.05) is 37.2 Å². The van der Waals surface area contributed by atoms with Gasteiger partial charge in [0.15, 0.2) is 5.82 Å². The number of benzene rings is 1. The number of nitrogens with one attached hydrogen (secondary N) is 1. The fraction of sp³-hybridized carbons (Fsp3) is 0.333. The quantitative estimate of drug-likeness (QED) is 0.674. The zero-order chi connectivity index (χ0) is 17.6. The molecule has 0 unspecified atom stereocenters. The summed E-state index contributed by atoms with van der Waals surface area (Å²) in [4.78, 5) is 16.7. The van der Waals surface area contributed by atoms with Crippen molar-refractivity contribution in [2.45, 2.75) is 6.54 Å². The van der Waals surface area contributed by atoms with Crippen LogP contribution in [0.1, 0.15) is 11.1 Å². The molecule has 130 valence electrons. The zero-order valence-corrected chi connectivity index (χ0v) is 15.0. The van der Waals surface area contributed by atoms with Gasteiger partial charge in [-0.3, -0.25) is 4.90 Å². The van der Waals surface area contributed by atoms with Crippen molar-refractivity contribution in [3.8, 4) is 12.3 Å². The maximum atomic E-state index is 12.5. The van der Waals surface area contributed by atoms with E-state index in [-0.39, 0.29) is 6.03 Å². The Morgan fingerprint density at radius 3 is 2.60 bits per heavy atom. The van der Waals surface area contributed by atoms with E-state index in [4.69, 9.17) is 6.42 Å². The van der Waals surface area contributed by atoms with Gasteiger partial charge in [0.1, 0.15) is 0 Å². The average molecular weight is 355 g/mol. The third-order valence-corrected chi connectivity index (χ3v) is 4.57. The first-order valence-corrected chi connectivity index (χ1v) is 9.34. The molecule has 1 aromatic heterocycles. The molecule has 0 radical (unpaired) electrons. The van der Waals surface area contributed by atoms with Gasteiger partial charge in [-0.15, -0.1) is 11.5 Å². The average Bonchev–Trinajstić information content (AvgIpc) is 3.11. The summed E-state index contributed by atoms with van der Waals surface area (Å²) in [6.07, 6.45) is 9.00. The van der Waals surface area contributed by atoms with Crippen LogP contribution in [-0.2, 0) is 6.54 Å². The Balaban J connectivity index is 1.52. The van der Waals surface area contributed by atoms with Gasteiger partial charge in [0.25, 0.3) is 0 Å². The number of carbonyl (C=O) groups is 1. The van der Waals surface area contributed by atoms with E-state index < -0.39 is 0 Å². The molecule has 1 saturated heterocycles. The van der Waals surface area contributed by atoms with Gasteiger partial charge < -0.3 is 9.62 Å². The number of terminal acetylenes is 1. The largest absolute Gasteiger partial charge is 0.344 e. The topological polar surface area (TPSA) is 53.4 Å². The lowest BCUT2D eigenvalue weighted by Crippen LogP contribution is -2.49. The lowest BCUT2D eigenvalue weighted by molar-refractivity contribution is 0.134. The van der Waals surface area contributed by atoms with E-state index in [1.807, 2.05) is 23.3 Å². The highest BCUT2D eigenvalue weighted by molar-refractivity contribution is 7.99. The maximum absolute atomic E-state index is 12.5. The Bertz CT molecular complexity index is 757. The Labute approximate surface area is 152 Å². The van der Waals surface area contributed by atoms with Gasteiger partial charge in [-0.25, -0.2) is 4.79 Å². The van der Waals surface area contributed by atoms with Gasteiger partial charge in [-0.05, 0) is 17.7 Å². The second kappa shape index (κ2) is 8.10. The van der Waals surface area contributed by atoms with E-state index in [1.165, 1.54) is 22.2 Å². The molecular weight excluding hydrogens is 334 g/mol. The molecule has 0 bridgehead atoms. The predicted molar refractivity (Wildman–Crippen MR) is 101 cm³/mol. The Morgan fingerprint density at radius 1 is 1.24 bits per heavy atom. The molecular formula is C18H21N5OS. The van der Waals surface area contributed by atoms with Crippen LogP contribution in [0.3, 0.4) is 0 Å². The van der Waals surface area contributed by atoms with Crippen molar-refractivity contribution in [2.24, 2.45) is 0 Å². The Morgan fingerprint density at radius 2 is 1.96 bits per heavy atom. The molecule has 0 atom stereocenters. The van der Waals surface area contributed by atoms with Crippen LogP contribution >= 0.6 is 11.9 Å². The normalized spacial score (nSPS) is 15.0. The van der Waals surface area contributed by atoms with Crippen LogP contribution < -0.4 is 4.72 Å². The van der Waals surface area contributed by atoms with Gasteiger partial charge in [-0.1, -0.05) is 30.0 Å². The van der Waals surface area contributed by atoms with E-state index >= 15 is 0 Å². The summed E-state index contributed by atoms with van der Waals surface area (Å²) in [6.45, 7) is 3.97. The molecule has 2 heterocycles. The van der Waals surface area contributed by atoms with E-state index in [9.17, 15) is 4.79 Å². The minimum absolute atomic E-state index is 0.0767. The number of carbonyl (C=O) groups excluding carboxylic acids is 1. The van der Waals surface area contributed by atoms with E-state index in [2.05, 4.69) is 32.8 Å². The summed E-state index contributed by atoms with van der Waals surface area (Å²) in [5.74, 6) is 3.32. The molecule has 0 saturated carbocycles. The summed E-state index contributed by atoms with van der Waals surface area (Å²) >= 11 is 1.45. The van der Waals surface area contributed by atoms with Crippen LogP contribution in [-0.4, -0.2) is 58.0 Å². The van der Waals surface area contributed by atoms with Crippen molar-refractivity contribution < 1.29 is 4.79 Å². The number of hydrogen-bond acceptors (Lipinski definition) is 5. The van der Waals surface area contributed by atoms with Crippen molar-refractivity contribution in [1.29, 1.82) is 0 Å². The molecule has 1 aliphatic rings. The standard InChI is InChI=1S/C18H21N5OS/c1-3-15-4-6-16(7-5-15)14-21-10-12-22(13-11-21)18(24)23-9-8-17(19-23)20-25-2/h1,4-9H,10-14H2,2H3,(H,19,20). The van der Waals surface area contributed by atoms with Gasteiger partial charge in [0.2, 0.25) is 0 Å². The first kappa shape index (κ1) is 17.4. The first-order chi connectivity index (χ1) is 12.2. The smallest absolute Gasteiger partial charge is 0.320 e. The van der Waals surface area contributed by atoms with Crippen LogP contribution in [0.15, 0.2) is 36.5 Å². The SMILES string of the molecule is C#Cc1ccc(CN2CCN(C(=O)n3ccc(NSC)n3)CC2)cc1. The summed E-state index contributed by atoms with van der Waals surface area (Å²) in [5, 5.41) is 4.24. The zero-order valence-electron chi connectivity index (χ0n) is 14.2. The highest BCUT2D eigenvalue weighted by Gasteiger charge is 2.22. The van der Waals surface area contributed by atoms with Gasteiger partial charge >= 0.3 is 6.03 Å². The molecule has 6 nitrogen and oxygen atoms in total. The highest BCUT2D eigenvalue weighted by atomic mass is 32.2. The number of aromatic nitrogens is 2. The summed E-state index contributed by atoms with van der Waals surface area (Å²) < 4.78 is 4.42. The van der Waals surface area contributed by atoms with Gasteiger partial charge in [0.05, 0.1) is 0 Å². The van der Waals surface area contributed by atoms with Crippen LogP contribution in [0.2, 0.25) is 0 Å².